The van der Waals surface area contributed by atoms with Gasteiger partial charge in [-0.15, -0.1) is 0 Å². The van der Waals surface area contributed by atoms with Gasteiger partial charge in [-0.2, -0.15) is 0 Å². The molecule has 2 aromatic rings. The molecule has 4 heteroatoms. The van der Waals surface area contributed by atoms with Crippen LogP contribution in [0.2, 0.25) is 0 Å². The van der Waals surface area contributed by atoms with Crippen molar-refractivity contribution in [1.82, 2.24) is 0 Å². The van der Waals surface area contributed by atoms with Gasteiger partial charge in [-0.3, -0.25) is 0 Å². The summed E-state index contributed by atoms with van der Waals surface area (Å²) in [5.74, 6) is 0. The first-order chi connectivity index (χ1) is 11.3. The Balaban J connectivity index is 1.83. The standard InChI is InChI=1S/C19H20N4/c1-20-16-8-6-10-18(14-16)22-12-4-3-5-13-23-19-11-7-9-17(15-19)21-2/h3-15,21,23H,1H2,2H3/p+2/b4-3+,13-5+,22-12?. The van der Waals surface area contributed by atoms with Crippen molar-refractivity contribution >= 4 is 35.7 Å². The molecular formula is C19H22N4+2. The first-order valence-corrected chi connectivity index (χ1v) is 7.41. The minimum Gasteiger partial charge on any atom is -0.388 e. The van der Waals surface area contributed by atoms with Gasteiger partial charge in [-0.05, 0) is 30.3 Å². The molecule has 0 aliphatic heterocycles. The van der Waals surface area contributed by atoms with Crippen molar-refractivity contribution in [2.75, 3.05) is 17.7 Å². The lowest BCUT2D eigenvalue weighted by Gasteiger charge is -2.03. The summed E-state index contributed by atoms with van der Waals surface area (Å²) in [5, 5.41) is 6.33. The Bertz CT molecular complexity index is 730. The van der Waals surface area contributed by atoms with E-state index in [0.29, 0.717) is 0 Å². The number of nitrogens with one attached hydrogen (secondary N) is 4. The lowest BCUT2D eigenvalue weighted by Crippen LogP contribution is -2.62. The molecular weight excluding hydrogens is 284 g/mol. The Morgan fingerprint density at radius 2 is 1.70 bits per heavy atom. The minimum absolute atomic E-state index is 0.972. The first-order valence-electron chi connectivity index (χ1n) is 7.41. The fourth-order valence-electron chi connectivity index (χ4n) is 1.95. The highest BCUT2D eigenvalue weighted by atomic mass is 14.9. The van der Waals surface area contributed by atoms with Crippen molar-refractivity contribution < 1.29 is 9.98 Å². The van der Waals surface area contributed by atoms with Gasteiger partial charge in [-0.25, -0.2) is 9.98 Å². The Hall–Kier alpha value is -3.14. The first kappa shape index (κ1) is 16.2. The van der Waals surface area contributed by atoms with Gasteiger partial charge in [0.05, 0.1) is 6.07 Å². The summed E-state index contributed by atoms with van der Waals surface area (Å²) >= 11 is 0. The van der Waals surface area contributed by atoms with Gasteiger partial charge in [0.25, 0.3) is 0 Å². The summed E-state index contributed by atoms with van der Waals surface area (Å²) in [6, 6.07) is 16.0. The molecule has 2 rings (SSSR count). The van der Waals surface area contributed by atoms with Crippen LogP contribution in [0, 0.1) is 0 Å². The van der Waals surface area contributed by atoms with Crippen molar-refractivity contribution in [3.05, 3.63) is 73.0 Å². The summed E-state index contributed by atoms with van der Waals surface area (Å²) in [7, 11) is 1.91. The van der Waals surface area contributed by atoms with E-state index in [1.165, 1.54) is 0 Å². The molecule has 0 amide bonds. The van der Waals surface area contributed by atoms with Gasteiger partial charge in [0.2, 0.25) is 11.4 Å². The van der Waals surface area contributed by atoms with Gasteiger partial charge in [0, 0.05) is 42.8 Å². The number of hydrogen-bond acceptors (Lipinski definition) is 2. The average molecular weight is 306 g/mol. The van der Waals surface area contributed by atoms with Gasteiger partial charge in [0.1, 0.15) is 6.72 Å². The van der Waals surface area contributed by atoms with Crippen LogP contribution >= 0.6 is 0 Å². The van der Waals surface area contributed by atoms with E-state index in [1.807, 2.05) is 86.2 Å². The van der Waals surface area contributed by atoms with Crippen LogP contribution in [0.15, 0.2) is 73.0 Å². The molecule has 0 spiro atoms. The van der Waals surface area contributed by atoms with Crippen LogP contribution in [0.5, 0.6) is 0 Å². The number of allylic oxidation sites excluding steroid dienone is 3. The van der Waals surface area contributed by atoms with E-state index in [4.69, 9.17) is 0 Å². The summed E-state index contributed by atoms with van der Waals surface area (Å²) in [6.07, 6.45) is 9.61. The Morgan fingerprint density at radius 3 is 2.52 bits per heavy atom. The van der Waals surface area contributed by atoms with E-state index in [2.05, 4.69) is 27.3 Å². The zero-order chi connectivity index (χ0) is 16.3. The molecule has 0 unspecified atom stereocenters. The third kappa shape index (κ3) is 5.63. The van der Waals surface area contributed by atoms with E-state index in [0.717, 1.165) is 22.7 Å². The van der Waals surface area contributed by atoms with Gasteiger partial charge < -0.3 is 10.6 Å². The largest absolute Gasteiger partial charge is 0.388 e. The molecule has 0 aliphatic rings. The maximum absolute atomic E-state index is 3.64. The van der Waals surface area contributed by atoms with Crippen LogP contribution in [-0.4, -0.2) is 20.0 Å². The van der Waals surface area contributed by atoms with Crippen molar-refractivity contribution in [2.45, 2.75) is 0 Å². The Kier molecular flexibility index (Phi) is 6.35. The van der Waals surface area contributed by atoms with Crippen LogP contribution < -0.4 is 20.6 Å². The topological polar surface area (TPSA) is 52.0 Å². The third-order valence-corrected chi connectivity index (χ3v) is 3.13. The highest BCUT2D eigenvalue weighted by Crippen LogP contribution is 2.13. The molecule has 0 aromatic heterocycles. The average Bonchev–Trinajstić information content (AvgIpc) is 2.61. The van der Waals surface area contributed by atoms with Crippen LogP contribution in [0.4, 0.5) is 22.7 Å². The van der Waals surface area contributed by atoms with Gasteiger partial charge in [0.15, 0.2) is 6.21 Å². The van der Waals surface area contributed by atoms with Crippen molar-refractivity contribution in [3.8, 4) is 0 Å². The zero-order valence-electron chi connectivity index (χ0n) is 13.2. The summed E-state index contributed by atoms with van der Waals surface area (Å²) in [6.45, 7) is 3.64. The fraction of sp³-hybridized carbons (Fsp3) is 0.0526. The molecule has 23 heavy (non-hydrogen) atoms. The molecule has 116 valence electrons. The maximum atomic E-state index is 3.64. The Labute approximate surface area is 137 Å². The van der Waals surface area contributed by atoms with Gasteiger partial charge >= 0.3 is 0 Å². The molecule has 0 aliphatic carbocycles. The highest BCUT2D eigenvalue weighted by molar-refractivity contribution is 5.67. The normalized spacial score (nSPS) is 11.3. The van der Waals surface area contributed by atoms with Crippen LogP contribution in [0.3, 0.4) is 0 Å². The van der Waals surface area contributed by atoms with Crippen molar-refractivity contribution in [2.24, 2.45) is 0 Å². The van der Waals surface area contributed by atoms with E-state index in [1.54, 1.807) is 0 Å². The molecule has 0 saturated carbocycles. The molecule has 0 heterocycles. The fourth-order valence-corrected chi connectivity index (χ4v) is 1.95. The van der Waals surface area contributed by atoms with E-state index >= 15 is 0 Å². The van der Waals surface area contributed by atoms with Crippen molar-refractivity contribution in [1.29, 1.82) is 0 Å². The second-order valence-corrected chi connectivity index (χ2v) is 4.79. The molecule has 0 atom stereocenters. The second-order valence-electron chi connectivity index (χ2n) is 4.79. The van der Waals surface area contributed by atoms with Crippen molar-refractivity contribution in [3.63, 3.8) is 0 Å². The number of rotatable bonds is 7. The Morgan fingerprint density at radius 1 is 0.913 bits per heavy atom. The van der Waals surface area contributed by atoms with Crippen LogP contribution in [0.25, 0.3) is 0 Å². The molecule has 0 bridgehead atoms. The predicted molar refractivity (Wildman–Crippen MR) is 98.8 cm³/mol. The molecule has 0 fully saturated rings. The SMILES string of the molecule is C=[NH+]c1cccc([NH+]=C/C=C/C=C/Nc2cccc(NC)c2)c1. The number of anilines is 2. The molecule has 0 radical (unpaired) electrons. The monoisotopic (exact) mass is 306 g/mol. The summed E-state index contributed by atoms with van der Waals surface area (Å²) in [4.78, 5) is 6.06. The zero-order valence-corrected chi connectivity index (χ0v) is 13.2. The van der Waals surface area contributed by atoms with Crippen LogP contribution in [-0.2, 0) is 0 Å². The lowest BCUT2D eigenvalue weighted by molar-refractivity contribution is -0.354. The highest BCUT2D eigenvalue weighted by Gasteiger charge is 1.98. The van der Waals surface area contributed by atoms with Gasteiger partial charge in [-0.1, -0.05) is 12.1 Å². The van der Waals surface area contributed by atoms with Crippen LogP contribution in [0.1, 0.15) is 0 Å². The quantitative estimate of drug-likeness (QED) is 0.457. The molecule has 0 saturated heterocycles. The van der Waals surface area contributed by atoms with E-state index < -0.39 is 0 Å². The van der Waals surface area contributed by atoms with E-state index in [9.17, 15) is 0 Å². The summed E-state index contributed by atoms with van der Waals surface area (Å²) in [5.41, 5.74) is 4.10. The minimum atomic E-state index is 0.972. The second kappa shape index (κ2) is 9.00. The molecule has 4 N–H and O–H groups in total. The smallest absolute Gasteiger partial charge is 0.210 e. The maximum Gasteiger partial charge on any atom is 0.210 e. The number of benzene rings is 2. The predicted octanol–water partition coefficient (Wildman–Crippen LogP) is 1.11. The molecule has 2 aromatic carbocycles. The lowest BCUT2D eigenvalue weighted by atomic mass is 10.3. The third-order valence-electron chi connectivity index (χ3n) is 3.13. The summed E-state index contributed by atoms with van der Waals surface area (Å²) < 4.78 is 0. The molecule has 4 nitrogen and oxygen atoms in total. The number of hydrogen-bond donors (Lipinski definition) is 4. The van der Waals surface area contributed by atoms with E-state index in [-0.39, 0.29) is 0 Å².